The van der Waals surface area contributed by atoms with Gasteiger partial charge in [0, 0.05) is 11.6 Å². The molecule has 13 heavy (non-hydrogen) atoms. The average Bonchev–Trinajstić information content (AvgIpc) is 2.03. The smallest absolute Gasteiger partial charge is 0.273 e. The van der Waals surface area contributed by atoms with Crippen LogP contribution < -0.4 is 0 Å². The number of carbonyl (C=O) groups excluding carboxylic acids is 1. The highest BCUT2D eigenvalue weighted by atomic mass is 35.5. The lowest BCUT2D eigenvalue weighted by Crippen LogP contribution is -1.95. The van der Waals surface area contributed by atoms with E-state index >= 15 is 0 Å². The molecule has 0 aromatic heterocycles. The number of benzene rings is 1. The van der Waals surface area contributed by atoms with Crippen molar-refractivity contribution >= 4 is 22.5 Å². The molecule has 0 N–H and O–H groups in total. The van der Waals surface area contributed by atoms with Crippen LogP contribution in [0.2, 0.25) is 0 Å². The lowest BCUT2D eigenvalue weighted by molar-refractivity contribution is -0.385. The zero-order chi connectivity index (χ0) is 10.0. The number of carbonyl (C=O) groups is 1. The number of non-ortho nitro benzene ring substituents is 1. The van der Waals surface area contributed by atoms with Crippen LogP contribution >= 0.6 is 11.6 Å². The molecule has 0 amide bonds. The molecule has 68 valence electrons. The summed E-state index contributed by atoms with van der Waals surface area (Å²) in [6.07, 6.45) is 0. The monoisotopic (exact) mass is 203 g/mol. The van der Waals surface area contributed by atoms with E-state index in [1.165, 1.54) is 0 Å². The number of nitro groups is 1. The lowest BCUT2D eigenvalue weighted by atomic mass is 10.2. The third-order valence-electron chi connectivity index (χ3n) is 1.32. The third kappa shape index (κ3) is 2.22. The molecule has 0 saturated heterocycles. The standard InChI is InChI=1S/C7H3ClFNO3/c8-7(11)4-1-5(9)3-6(2-4)10(12)13/h1-3H. The second-order valence-electron chi connectivity index (χ2n) is 2.23. The number of hydrogen-bond acceptors (Lipinski definition) is 3. The molecule has 1 aromatic rings. The van der Waals surface area contributed by atoms with E-state index in [9.17, 15) is 19.3 Å². The van der Waals surface area contributed by atoms with E-state index in [1.807, 2.05) is 0 Å². The van der Waals surface area contributed by atoms with E-state index < -0.39 is 21.7 Å². The first-order valence-corrected chi connectivity index (χ1v) is 3.53. The van der Waals surface area contributed by atoms with Crippen LogP contribution in [-0.4, -0.2) is 10.2 Å². The third-order valence-corrected chi connectivity index (χ3v) is 1.54. The molecule has 0 aliphatic rings. The maximum absolute atomic E-state index is 12.6. The highest BCUT2D eigenvalue weighted by Gasteiger charge is 2.12. The number of halogens is 2. The Balaban J connectivity index is 3.26. The maximum atomic E-state index is 12.6. The highest BCUT2D eigenvalue weighted by Crippen LogP contribution is 2.17. The fourth-order valence-corrected chi connectivity index (χ4v) is 0.902. The van der Waals surface area contributed by atoms with Crippen molar-refractivity contribution in [3.8, 4) is 0 Å². The van der Waals surface area contributed by atoms with Crippen LogP contribution in [0.4, 0.5) is 10.1 Å². The summed E-state index contributed by atoms with van der Waals surface area (Å²) in [5, 5.41) is 9.28. The van der Waals surface area contributed by atoms with E-state index in [0.29, 0.717) is 6.07 Å². The molecular formula is C7H3ClFNO3. The number of nitrogens with zero attached hydrogens (tertiary/aromatic N) is 1. The van der Waals surface area contributed by atoms with Crippen molar-refractivity contribution in [3.63, 3.8) is 0 Å². The molecule has 1 aromatic carbocycles. The highest BCUT2D eigenvalue weighted by molar-refractivity contribution is 6.67. The summed E-state index contributed by atoms with van der Waals surface area (Å²) in [4.78, 5) is 20.0. The summed E-state index contributed by atoms with van der Waals surface area (Å²) in [6.45, 7) is 0. The molecule has 0 aliphatic carbocycles. The predicted molar refractivity (Wildman–Crippen MR) is 43.2 cm³/mol. The molecule has 0 heterocycles. The van der Waals surface area contributed by atoms with Crippen LogP contribution in [0.15, 0.2) is 18.2 Å². The first-order valence-electron chi connectivity index (χ1n) is 3.15. The van der Waals surface area contributed by atoms with Crippen molar-refractivity contribution in [2.75, 3.05) is 0 Å². The molecule has 0 unspecified atom stereocenters. The molecule has 1 rings (SSSR count). The molecule has 0 radical (unpaired) electrons. The minimum atomic E-state index is -0.928. The van der Waals surface area contributed by atoms with Crippen molar-refractivity contribution < 1.29 is 14.1 Å². The molecule has 0 saturated carbocycles. The fourth-order valence-electron chi connectivity index (χ4n) is 0.793. The van der Waals surface area contributed by atoms with Crippen molar-refractivity contribution in [1.29, 1.82) is 0 Å². The number of nitro benzene ring substituents is 1. The van der Waals surface area contributed by atoms with Crippen LogP contribution in [0, 0.1) is 15.9 Å². The summed E-state index contributed by atoms with van der Waals surface area (Å²) >= 11 is 5.02. The van der Waals surface area contributed by atoms with E-state index in [0.717, 1.165) is 12.1 Å². The summed E-state index contributed by atoms with van der Waals surface area (Å²) in [5.41, 5.74) is -0.725. The normalized spacial score (nSPS) is 9.69. The Morgan fingerprint density at radius 2 is 2.08 bits per heavy atom. The molecule has 0 fully saturated rings. The van der Waals surface area contributed by atoms with Crippen LogP contribution in [0.25, 0.3) is 0 Å². The van der Waals surface area contributed by atoms with Gasteiger partial charge in [-0.05, 0) is 17.7 Å². The minimum absolute atomic E-state index is 0.228. The van der Waals surface area contributed by atoms with Crippen molar-refractivity contribution in [2.45, 2.75) is 0 Å². The Kier molecular flexibility index (Phi) is 2.57. The second kappa shape index (κ2) is 3.49. The number of hydrogen-bond donors (Lipinski definition) is 0. The van der Waals surface area contributed by atoms with E-state index in [1.54, 1.807) is 0 Å². The van der Waals surface area contributed by atoms with Gasteiger partial charge in [-0.25, -0.2) is 4.39 Å². The second-order valence-corrected chi connectivity index (χ2v) is 2.57. The van der Waals surface area contributed by atoms with E-state index in [2.05, 4.69) is 0 Å². The summed E-state index contributed by atoms with van der Waals surface area (Å²) in [6, 6.07) is 2.46. The van der Waals surface area contributed by atoms with Gasteiger partial charge in [0.15, 0.2) is 0 Å². The average molecular weight is 204 g/mol. The number of rotatable bonds is 2. The maximum Gasteiger partial charge on any atom is 0.273 e. The lowest BCUT2D eigenvalue weighted by Gasteiger charge is -1.95. The Morgan fingerprint density at radius 1 is 1.46 bits per heavy atom. The van der Waals surface area contributed by atoms with Gasteiger partial charge in [0.2, 0.25) is 0 Å². The zero-order valence-corrected chi connectivity index (χ0v) is 6.92. The van der Waals surface area contributed by atoms with Crippen LogP contribution in [0.3, 0.4) is 0 Å². The van der Waals surface area contributed by atoms with Crippen LogP contribution in [0.5, 0.6) is 0 Å². The van der Waals surface area contributed by atoms with Gasteiger partial charge in [0.1, 0.15) is 5.82 Å². The van der Waals surface area contributed by atoms with Crippen molar-refractivity contribution in [1.82, 2.24) is 0 Å². The van der Waals surface area contributed by atoms with Gasteiger partial charge in [-0.1, -0.05) is 0 Å². The summed E-state index contributed by atoms with van der Waals surface area (Å²) < 4.78 is 12.6. The Bertz CT molecular complexity index is 348. The van der Waals surface area contributed by atoms with Crippen molar-refractivity contribution in [3.05, 3.63) is 39.7 Å². The summed E-state index contributed by atoms with van der Waals surface area (Å²) in [7, 11) is 0. The molecule has 0 spiro atoms. The molecule has 0 aliphatic heterocycles. The predicted octanol–water partition coefficient (Wildman–Crippen LogP) is 2.11. The van der Waals surface area contributed by atoms with Crippen LogP contribution in [-0.2, 0) is 0 Å². The van der Waals surface area contributed by atoms with Gasteiger partial charge in [-0.3, -0.25) is 14.9 Å². The minimum Gasteiger partial charge on any atom is -0.276 e. The Labute approximate surface area is 77.1 Å². The largest absolute Gasteiger partial charge is 0.276 e. The van der Waals surface area contributed by atoms with Gasteiger partial charge in [0.25, 0.3) is 10.9 Å². The van der Waals surface area contributed by atoms with Crippen molar-refractivity contribution in [2.24, 2.45) is 0 Å². The van der Waals surface area contributed by atoms with Gasteiger partial charge < -0.3 is 0 Å². The Hall–Kier alpha value is -1.49. The SMILES string of the molecule is O=C(Cl)c1cc(F)cc([N+](=O)[O-])c1. The first kappa shape index (κ1) is 9.60. The van der Waals surface area contributed by atoms with Gasteiger partial charge in [-0.15, -0.1) is 0 Å². The van der Waals surface area contributed by atoms with E-state index in [4.69, 9.17) is 11.6 Å². The molecule has 4 nitrogen and oxygen atoms in total. The molecule has 6 heteroatoms. The topological polar surface area (TPSA) is 60.2 Å². The van der Waals surface area contributed by atoms with Gasteiger partial charge >= 0.3 is 0 Å². The van der Waals surface area contributed by atoms with E-state index in [-0.39, 0.29) is 5.56 Å². The zero-order valence-electron chi connectivity index (χ0n) is 6.16. The Morgan fingerprint density at radius 3 is 2.54 bits per heavy atom. The van der Waals surface area contributed by atoms with Gasteiger partial charge in [-0.2, -0.15) is 0 Å². The molecule has 0 bridgehead atoms. The van der Waals surface area contributed by atoms with Gasteiger partial charge in [0.05, 0.1) is 11.0 Å². The molecule has 0 atom stereocenters. The fraction of sp³-hybridized carbons (Fsp3) is 0. The quantitative estimate of drug-likeness (QED) is 0.420. The summed E-state index contributed by atoms with van der Waals surface area (Å²) in [5.74, 6) is -0.863. The molecular weight excluding hydrogens is 201 g/mol. The first-order chi connectivity index (χ1) is 6.00. The van der Waals surface area contributed by atoms with Crippen LogP contribution in [0.1, 0.15) is 10.4 Å².